The number of hydrogen-bond acceptors (Lipinski definition) is 4. The Labute approximate surface area is 183 Å². The molecule has 0 aliphatic carbocycles. The Bertz CT molecular complexity index is 1260. The minimum Gasteiger partial charge on any atom is -0.357 e. The summed E-state index contributed by atoms with van der Waals surface area (Å²) >= 11 is 12.5. The van der Waals surface area contributed by atoms with E-state index in [9.17, 15) is 13.2 Å². The predicted octanol–water partition coefficient (Wildman–Crippen LogP) is 5.84. The maximum atomic E-state index is 13.1. The zero-order valence-electron chi connectivity index (χ0n) is 15.8. The van der Waals surface area contributed by atoms with E-state index in [4.69, 9.17) is 27.9 Å². The highest BCUT2D eigenvalue weighted by Gasteiger charge is 2.36. The molecule has 162 valence electrons. The summed E-state index contributed by atoms with van der Waals surface area (Å²) < 4.78 is 46.7. The van der Waals surface area contributed by atoms with E-state index in [1.165, 1.54) is 0 Å². The Morgan fingerprint density at radius 2 is 2.03 bits per heavy atom. The first-order chi connectivity index (χ1) is 14.8. The summed E-state index contributed by atoms with van der Waals surface area (Å²) in [5.74, 6) is -1.34. The Morgan fingerprint density at radius 3 is 2.74 bits per heavy atom. The number of H-pyrrole nitrogens is 2. The van der Waals surface area contributed by atoms with Crippen LogP contribution in [0.3, 0.4) is 0 Å². The van der Waals surface area contributed by atoms with Crippen LogP contribution in [0.4, 0.5) is 13.2 Å². The fourth-order valence-electron chi connectivity index (χ4n) is 3.73. The molecule has 1 saturated heterocycles. The normalized spacial score (nSPS) is 17.5. The van der Waals surface area contributed by atoms with Crippen LogP contribution < -0.4 is 0 Å². The molecule has 1 aliphatic rings. The molecule has 4 heterocycles. The van der Waals surface area contributed by atoms with E-state index in [0.717, 1.165) is 19.3 Å². The number of aromatic nitrogens is 6. The molecule has 5 rings (SSSR count). The number of nitrogens with one attached hydrogen (secondary N) is 2. The molecule has 1 unspecified atom stereocenters. The van der Waals surface area contributed by atoms with Crippen molar-refractivity contribution in [1.82, 2.24) is 29.9 Å². The largest absolute Gasteiger partial charge is 0.451 e. The molecule has 7 nitrogen and oxygen atoms in total. The topological polar surface area (TPSA) is 84.4 Å². The van der Waals surface area contributed by atoms with Crippen molar-refractivity contribution in [3.8, 4) is 22.6 Å². The Hall–Kier alpha value is -2.56. The molecule has 2 N–H and O–H groups in total. The second kappa shape index (κ2) is 7.54. The molecule has 3 aromatic heterocycles. The zero-order chi connectivity index (χ0) is 21.8. The van der Waals surface area contributed by atoms with E-state index in [1.807, 2.05) is 5.10 Å². The summed E-state index contributed by atoms with van der Waals surface area (Å²) in [6.45, 7) is 0.656. The summed E-state index contributed by atoms with van der Waals surface area (Å²) in [6.07, 6.45) is 1.45. The minimum atomic E-state index is -4.65. The van der Waals surface area contributed by atoms with Gasteiger partial charge in [0.25, 0.3) is 0 Å². The average molecular weight is 471 g/mol. The Morgan fingerprint density at radius 1 is 1.19 bits per heavy atom. The number of rotatable bonds is 3. The van der Waals surface area contributed by atoms with Crippen LogP contribution in [0.1, 0.15) is 31.3 Å². The van der Waals surface area contributed by atoms with Gasteiger partial charge in [-0.2, -0.15) is 23.4 Å². The molecule has 1 aliphatic heterocycles. The minimum absolute atomic E-state index is 0.146. The van der Waals surface area contributed by atoms with Gasteiger partial charge in [-0.05, 0) is 25.3 Å². The van der Waals surface area contributed by atoms with Gasteiger partial charge in [0.2, 0.25) is 5.82 Å². The van der Waals surface area contributed by atoms with Crippen LogP contribution in [0, 0.1) is 0 Å². The molecule has 0 amide bonds. The highest BCUT2D eigenvalue weighted by Crippen LogP contribution is 2.42. The SMILES string of the molecule is FC(F)(F)c1nc(-c2[nH]c3c(Cl)c(Cl)ccc3c2-c2cnn(C3CCCCO3)c2)n[nH]1. The van der Waals surface area contributed by atoms with Gasteiger partial charge in [-0.3, -0.25) is 5.10 Å². The van der Waals surface area contributed by atoms with Crippen LogP contribution in [0.2, 0.25) is 10.0 Å². The number of fused-ring (bicyclic) bond motifs is 1. The van der Waals surface area contributed by atoms with Gasteiger partial charge in [-0.25, -0.2) is 9.67 Å². The molecule has 0 spiro atoms. The Kier molecular flexibility index (Phi) is 4.95. The molecular weight excluding hydrogens is 456 g/mol. The van der Waals surface area contributed by atoms with Crippen LogP contribution in [-0.2, 0) is 10.9 Å². The first kappa shape index (κ1) is 20.3. The molecule has 12 heteroatoms. The van der Waals surface area contributed by atoms with Gasteiger partial charge >= 0.3 is 6.18 Å². The predicted molar refractivity (Wildman–Crippen MR) is 109 cm³/mol. The maximum absolute atomic E-state index is 13.1. The lowest BCUT2D eigenvalue weighted by Crippen LogP contribution is -2.18. The number of halogens is 5. The summed E-state index contributed by atoms with van der Waals surface area (Å²) in [5.41, 5.74) is 1.98. The number of hydrogen-bond donors (Lipinski definition) is 2. The van der Waals surface area contributed by atoms with Gasteiger partial charge in [0, 0.05) is 29.3 Å². The molecule has 0 radical (unpaired) electrons. The van der Waals surface area contributed by atoms with Crippen LogP contribution in [0.25, 0.3) is 33.5 Å². The molecular formula is C19H15Cl2F3N6O. The Balaban J connectivity index is 1.68. The maximum Gasteiger partial charge on any atom is 0.451 e. The van der Waals surface area contributed by atoms with Crippen LogP contribution in [-0.4, -0.2) is 36.6 Å². The summed E-state index contributed by atoms with van der Waals surface area (Å²) in [6, 6.07) is 3.37. The van der Waals surface area contributed by atoms with E-state index in [0.29, 0.717) is 33.7 Å². The van der Waals surface area contributed by atoms with Crippen LogP contribution in [0.5, 0.6) is 0 Å². The number of alkyl halides is 3. The van der Waals surface area contributed by atoms with Crippen molar-refractivity contribution in [1.29, 1.82) is 0 Å². The number of nitrogens with zero attached hydrogens (tertiary/aromatic N) is 4. The van der Waals surface area contributed by atoms with E-state index in [1.54, 1.807) is 29.2 Å². The van der Waals surface area contributed by atoms with E-state index >= 15 is 0 Å². The molecule has 1 aromatic carbocycles. The van der Waals surface area contributed by atoms with Crippen molar-refractivity contribution in [3.63, 3.8) is 0 Å². The van der Waals surface area contributed by atoms with E-state index < -0.39 is 12.0 Å². The highest BCUT2D eigenvalue weighted by molar-refractivity contribution is 6.45. The standard InChI is InChI=1S/C19H15Cl2F3N6O/c20-11-5-4-10-13(9-7-25-30(8-9)12-3-1-2-6-31-12)16(26-15(10)14(11)21)17-27-18(29-28-17)19(22,23)24/h4-5,7-8,12,26H,1-3,6H2,(H,27,28,29). The summed E-state index contributed by atoms with van der Waals surface area (Å²) in [5, 5.41) is 11.3. The molecule has 0 saturated carbocycles. The third kappa shape index (κ3) is 3.58. The van der Waals surface area contributed by atoms with Crippen LogP contribution >= 0.6 is 23.2 Å². The van der Waals surface area contributed by atoms with Gasteiger partial charge in [0.15, 0.2) is 5.82 Å². The van der Waals surface area contributed by atoms with Gasteiger partial charge in [-0.15, -0.1) is 0 Å². The quantitative estimate of drug-likeness (QED) is 0.393. The van der Waals surface area contributed by atoms with Crippen LogP contribution in [0.15, 0.2) is 24.5 Å². The van der Waals surface area contributed by atoms with Gasteiger partial charge < -0.3 is 9.72 Å². The van der Waals surface area contributed by atoms with Crippen molar-refractivity contribution in [3.05, 3.63) is 40.4 Å². The second-order valence-electron chi connectivity index (χ2n) is 7.19. The summed E-state index contributed by atoms with van der Waals surface area (Å²) in [4.78, 5) is 6.68. The first-order valence-corrected chi connectivity index (χ1v) is 10.2. The van der Waals surface area contributed by atoms with Crippen molar-refractivity contribution in [2.45, 2.75) is 31.7 Å². The van der Waals surface area contributed by atoms with Crippen molar-refractivity contribution in [2.24, 2.45) is 0 Å². The first-order valence-electron chi connectivity index (χ1n) is 9.48. The van der Waals surface area contributed by atoms with Gasteiger partial charge in [-0.1, -0.05) is 29.3 Å². The van der Waals surface area contributed by atoms with Crippen molar-refractivity contribution in [2.75, 3.05) is 6.61 Å². The smallest absolute Gasteiger partial charge is 0.357 e. The average Bonchev–Trinajstić information content (AvgIpc) is 3.48. The van der Waals surface area contributed by atoms with Crippen molar-refractivity contribution >= 4 is 34.1 Å². The summed E-state index contributed by atoms with van der Waals surface area (Å²) in [7, 11) is 0. The van der Waals surface area contributed by atoms with E-state index in [2.05, 4.69) is 20.2 Å². The van der Waals surface area contributed by atoms with Crippen molar-refractivity contribution < 1.29 is 17.9 Å². The fraction of sp³-hybridized carbons (Fsp3) is 0.316. The van der Waals surface area contributed by atoms with E-state index in [-0.39, 0.29) is 22.8 Å². The van der Waals surface area contributed by atoms with Gasteiger partial charge in [0.05, 0.1) is 27.5 Å². The zero-order valence-corrected chi connectivity index (χ0v) is 17.3. The second-order valence-corrected chi connectivity index (χ2v) is 7.98. The lowest BCUT2D eigenvalue weighted by atomic mass is 10.0. The number of aromatic amines is 2. The third-order valence-corrected chi connectivity index (χ3v) is 5.99. The number of ether oxygens (including phenoxy) is 1. The highest BCUT2D eigenvalue weighted by atomic mass is 35.5. The molecule has 1 atom stereocenters. The monoisotopic (exact) mass is 470 g/mol. The lowest BCUT2D eigenvalue weighted by molar-refractivity contribution is -0.144. The molecule has 31 heavy (non-hydrogen) atoms. The molecule has 1 fully saturated rings. The lowest BCUT2D eigenvalue weighted by Gasteiger charge is -2.22. The number of benzene rings is 1. The molecule has 0 bridgehead atoms. The van der Waals surface area contributed by atoms with Gasteiger partial charge in [0.1, 0.15) is 6.23 Å². The fourth-order valence-corrected chi connectivity index (χ4v) is 4.10. The third-order valence-electron chi connectivity index (χ3n) is 5.18. The molecule has 4 aromatic rings.